The molecule has 0 saturated heterocycles. The van der Waals surface area contributed by atoms with Crippen LogP contribution in [0.4, 0.5) is 0 Å². The number of rotatable bonds is 0. The van der Waals surface area contributed by atoms with Crippen molar-refractivity contribution in [2.24, 2.45) is 23.2 Å². The van der Waals surface area contributed by atoms with E-state index in [1.54, 1.807) is 5.57 Å². The van der Waals surface area contributed by atoms with E-state index in [9.17, 15) is 9.59 Å². The van der Waals surface area contributed by atoms with Crippen LogP contribution in [0.25, 0.3) is 0 Å². The first-order chi connectivity index (χ1) is 10.0. The lowest BCUT2D eigenvalue weighted by Crippen LogP contribution is -2.41. The molecular weight excluding hydrogens is 260 g/mol. The number of Topliss-reactive ketones (excluding diaryl/α,β-unsaturated/α-hetero) is 1. The average molecular weight is 284 g/mol. The lowest BCUT2D eigenvalue weighted by atomic mass is 9.56. The van der Waals surface area contributed by atoms with E-state index in [0.29, 0.717) is 35.7 Å². The second kappa shape index (κ2) is 4.41. The van der Waals surface area contributed by atoms with Gasteiger partial charge in [-0.2, -0.15) is 0 Å². The fourth-order valence-corrected chi connectivity index (χ4v) is 5.80. The second-order valence-electron chi connectivity index (χ2n) is 7.83. The van der Waals surface area contributed by atoms with E-state index in [1.807, 2.05) is 6.08 Å². The Kier molecular flexibility index (Phi) is 2.83. The van der Waals surface area contributed by atoms with Gasteiger partial charge in [0.2, 0.25) is 0 Å². The quantitative estimate of drug-likeness (QED) is 0.673. The average Bonchev–Trinajstić information content (AvgIpc) is 2.68. The van der Waals surface area contributed by atoms with Gasteiger partial charge in [0, 0.05) is 18.3 Å². The molecule has 4 aliphatic carbocycles. The molecule has 0 unspecified atom stereocenters. The molecule has 0 spiro atoms. The number of hydrogen-bond acceptors (Lipinski definition) is 2. The van der Waals surface area contributed by atoms with Gasteiger partial charge < -0.3 is 0 Å². The van der Waals surface area contributed by atoms with Crippen LogP contribution < -0.4 is 0 Å². The van der Waals surface area contributed by atoms with E-state index in [-0.39, 0.29) is 5.41 Å². The summed E-state index contributed by atoms with van der Waals surface area (Å²) in [5.41, 5.74) is 4.36. The van der Waals surface area contributed by atoms with Gasteiger partial charge >= 0.3 is 0 Å². The summed E-state index contributed by atoms with van der Waals surface area (Å²) >= 11 is 0. The zero-order chi connectivity index (χ0) is 14.8. The second-order valence-corrected chi connectivity index (χ2v) is 7.83. The third-order valence-corrected chi connectivity index (χ3v) is 6.74. The van der Waals surface area contributed by atoms with E-state index < -0.39 is 0 Å². The Bertz CT molecular complexity index is 595. The van der Waals surface area contributed by atoms with Crippen molar-refractivity contribution in [1.82, 2.24) is 0 Å². The minimum absolute atomic E-state index is 0.0696. The molecule has 4 atom stereocenters. The Morgan fingerprint density at radius 1 is 1.14 bits per heavy atom. The zero-order valence-corrected chi connectivity index (χ0v) is 13.1. The van der Waals surface area contributed by atoms with Crippen LogP contribution in [0.3, 0.4) is 0 Å². The maximum Gasteiger partial charge on any atom is 0.156 e. The summed E-state index contributed by atoms with van der Waals surface area (Å²) < 4.78 is 0. The molecule has 2 saturated carbocycles. The summed E-state index contributed by atoms with van der Waals surface area (Å²) in [6.07, 6.45) is 8.61. The molecule has 0 amide bonds. The summed E-state index contributed by atoms with van der Waals surface area (Å²) in [5.74, 6) is 2.48. The van der Waals surface area contributed by atoms with Crippen LogP contribution in [0.5, 0.6) is 0 Å². The van der Waals surface area contributed by atoms with Gasteiger partial charge in [-0.05, 0) is 67.1 Å². The Morgan fingerprint density at radius 2 is 1.95 bits per heavy atom. The first-order valence-electron chi connectivity index (χ1n) is 8.49. The smallest absolute Gasteiger partial charge is 0.156 e. The van der Waals surface area contributed by atoms with Gasteiger partial charge in [-0.25, -0.2) is 0 Å². The number of allylic oxidation sites excluding steroid dienone is 4. The monoisotopic (exact) mass is 284 g/mol. The first kappa shape index (κ1) is 13.5. The molecule has 0 aliphatic heterocycles. The molecule has 0 bridgehead atoms. The van der Waals surface area contributed by atoms with Gasteiger partial charge in [0.1, 0.15) is 5.78 Å². The minimum Gasteiger partial charge on any atom is -0.299 e. The third kappa shape index (κ3) is 1.77. The van der Waals surface area contributed by atoms with Crippen LogP contribution in [-0.2, 0) is 9.59 Å². The van der Waals surface area contributed by atoms with Crippen molar-refractivity contribution in [3.63, 3.8) is 0 Å². The van der Waals surface area contributed by atoms with Crippen LogP contribution in [0.15, 0.2) is 22.8 Å². The van der Waals surface area contributed by atoms with Crippen LogP contribution >= 0.6 is 0 Å². The van der Waals surface area contributed by atoms with Gasteiger partial charge in [-0.15, -0.1) is 0 Å². The summed E-state index contributed by atoms with van der Waals surface area (Å²) in [4.78, 5) is 24.1. The Hall–Kier alpha value is -1.18. The Morgan fingerprint density at radius 3 is 2.76 bits per heavy atom. The summed E-state index contributed by atoms with van der Waals surface area (Å²) in [6, 6.07) is 0. The topological polar surface area (TPSA) is 34.1 Å². The molecule has 0 aromatic heterocycles. The summed E-state index contributed by atoms with van der Waals surface area (Å²) in [5, 5.41) is 0. The van der Waals surface area contributed by atoms with Crippen molar-refractivity contribution in [2.75, 3.05) is 0 Å². The van der Waals surface area contributed by atoms with Crippen molar-refractivity contribution in [3.8, 4) is 0 Å². The largest absolute Gasteiger partial charge is 0.299 e. The molecule has 2 nitrogen and oxygen atoms in total. The van der Waals surface area contributed by atoms with E-state index in [4.69, 9.17) is 0 Å². The predicted molar refractivity (Wildman–Crippen MR) is 81.7 cm³/mol. The lowest BCUT2D eigenvalue weighted by Gasteiger charge is -2.47. The van der Waals surface area contributed by atoms with Gasteiger partial charge in [0.15, 0.2) is 5.78 Å². The SMILES string of the molecule is C[C@@H]1CC(=O)[C@@]2(C)CCC3=C4CCC(=O)C=C4CC[C@H]3[C@H]12. The first-order valence-corrected chi connectivity index (χ1v) is 8.49. The van der Waals surface area contributed by atoms with Crippen molar-refractivity contribution < 1.29 is 9.59 Å². The van der Waals surface area contributed by atoms with Gasteiger partial charge in [-0.3, -0.25) is 9.59 Å². The van der Waals surface area contributed by atoms with Crippen LogP contribution in [0.2, 0.25) is 0 Å². The number of hydrogen-bond donors (Lipinski definition) is 0. The molecule has 0 aromatic carbocycles. The van der Waals surface area contributed by atoms with Crippen molar-refractivity contribution in [3.05, 3.63) is 22.8 Å². The van der Waals surface area contributed by atoms with E-state index in [2.05, 4.69) is 13.8 Å². The highest BCUT2D eigenvalue weighted by Gasteiger charge is 2.56. The Balaban J connectivity index is 1.78. The van der Waals surface area contributed by atoms with E-state index in [1.165, 1.54) is 11.1 Å². The highest BCUT2D eigenvalue weighted by molar-refractivity contribution is 5.93. The summed E-state index contributed by atoms with van der Waals surface area (Å²) in [7, 11) is 0. The highest BCUT2D eigenvalue weighted by Crippen LogP contribution is 2.60. The molecule has 0 radical (unpaired) electrons. The number of ketones is 2. The van der Waals surface area contributed by atoms with E-state index in [0.717, 1.165) is 38.5 Å². The fourth-order valence-electron chi connectivity index (χ4n) is 5.80. The van der Waals surface area contributed by atoms with Crippen LogP contribution in [0, 0.1) is 23.2 Å². The zero-order valence-electron chi connectivity index (χ0n) is 13.1. The van der Waals surface area contributed by atoms with Crippen LogP contribution in [-0.4, -0.2) is 11.6 Å². The molecule has 0 heterocycles. The van der Waals surface area contributed by atoms with Crippen molar-refractivity contribution in [1.29, 1.82) is 0 Å². The molecule has 4 rings (SSSR count). The molecule has 2 heteroatoms. The number of fused-ring (bicyclic) bond motifs is 4. The fraction of sp³-hybridized carbons (Fsp3) is 0.684. The number of carbonyl (C=O) groups is 2. The maximum atomic E-state index is 12.5. The normalized spacial score (nSPS) is 42.4. The van der Waals surface area contributed by atoms with Gasteiger partial charge in [0.05, 0.1) is 0 Å². The summed E-state index contributed by atoms with van der Waals surface area (Å²) in [6.45, 7) is 4.50. The van der Waals surface area contributed by atoms with E-state index >= 15 is 0 Å². The van der Waals surface area contributed by atoms with Crippen molar-refractivity contribution >= 4 is 11.6 Å². The standard InChI is InChI=1S/C19H24O2/c1-11-9-17(21)19(2)8-7-15-14-6-4-13(20)10-12(14)3-5-16(15)18(11)19/h10-11,16,18H,3-9H2,1-2H3/t11-,16-,18+,19-/m1/s1. The van der Waals surface area contributed by atoms with Gasteiger partial charge in [0.25, 0.3) is 0 Å². The molecule has 4 aliphatic rings. The number of carbonyl (C=O) groups excluding carboxylic acids is 2. The minimum atomic E-state index is -0.0696. The predicted octanol–water partition coefficient (Wildman–Crippen LogP) is 4.01. The molecule has 0 N–H and O–H groups in total. The maximum absolute atomic E-state index is 12.5. The molecule has 112 valence electrons. The molecular formula is C19H24O2. The molecule has 0 aromatic rings. The van der Waals surface area contributed by atoms with Crippen molar-refractivity contribution in [2.45, 2.75) is 58.8 Å². The van der Waals surface area contributed by atoms with Gasteiger partial charge in [-0.1, -0.05) is 19.4 Å². The molecule has 2 fully saturated rings. The lowest BCUT2D eigenvalue weighted by molar-refractivity contribution is -0.128. The third-order valence-electron chi connectivity index (χ3n) is 6.74. The molecule has 21 heavy (non-hydrogen) atoms. The van der Waals surface area contributed by atoms with Crippen LogP contribution in [0.1, 0.15) is 58.8 Å². The highest BCUT2D eigenvalue weighted by atomic mass is 16.1. The Labute approximate surface area is 126 Å².